The number of methoxy groups -OCH3 is 5. The molecule has 7 nitrogen and oxygen atoms in total. The molecule has 61 heavy (non-hydrogen) atoms. The van der Waals surface area contributed by atoms with Gasteiger partial charge in [0.1, 0.15) is 28.7 Å². The summed E-state index contributed by atoms with van der Waals surface area (Å²) < 4.78 is 27.6. The summed E-state index contributed by atoms with van der Waals surface area (Å²) in [5.41, 5.74) is 6.42. The lowest BCUT2D eigenvalue weighted by Crippen LogP contribution is -2.29. The zero-order valence-corrected chi connectivity index (χ0v) is 38.7. The lowest BCUT2D eigenvalue weighted by Gasteiger charge is -2.02. The molecule has 0 radical (unpaired) electrons. The molecule has 0 aliphatic carbocycles. The Morgan fingerprint density at radius 2 is 0.770 bits per heavy atom. The predicted octanol–water partition coefficient (Wildman–Crippen LogP) is 13.3. The molecule has 0 aliphatic heterocycles. The van der Waals surface area contributed by atoms with E-state index in [1.807, 2.05) is 90.3 Å². The second kappa shape index (κ2) is 26.4. The van der Waals surface area contributed by atoms with Crippen molar-refractivity contribution in [2.75, 3.05) is 35.5 Å². The van der Waals surface area contributed by atoms with Gasteiger partial charge in [-0.15, -0.1) is 34.0 Å². The smallest absolute Gasteiger partial charge is 0.488 e. The van der Waals surface area contributed by atoms with Gasteiger partial charge in [0.15, 0.2) is 0 Å². The van der Waals surface area contributed by atoms with Crippen LogP contribution in [0, 0.1) is 0 Å². The van der Waals surface area contributed by atoms with Crippen molar-refractivity contribution in [3.05, 3.63) is 175 Å². The molecule has 3 aromatic heterocycles. The van der Waals surface area contributed by atoms with Gasteiger partial charge < -0.3 is 33.7 Å². The van der Waals surface area contributed by atoms with Gasteiger partial charge in [0, 0.05) is 10.3 Å². The fourth-order valence-corrected chi connectivity index (χ4v) is 8.06. The maximum absolute atomic E-state index is 8.70. The first-order chi connectivity index (χ1) is 29.5. The molecule has 3 heterocycles. The summed E-state index contributed by atoms with van der Waals surface area (Å²) in [5, 5.41) is 21.6. The summed E-state index contributed by atoms with van der Waals surface area (Å²) in [4.78, 5) is 1.25. The summed E-state index contributed by atoms with van der Waals surface area (Å²) in [6.07, 6.45) is 0. The molecule has 0 saturated heterocycles. The summed E-state index contributed by atoms with van der Waals surface area (Å²) in [5.74, 6) is 4.24. The molecule has 0 amide bonds. The summed E-state index contributed by atoms with van der Waals surface area (Å²) in [7, 11) is 6.85. The van der Waals surface area contributed by atoms with Crippen molar-refractivity contribution < 1.29 is 33.7 Å². The number of rotatable bonds is 9. The number of benzene rings is 5. The van der Waals surface area contributed by atoms with Crippen LogP contribution >= 0.6 is 68.8 Å². The van der Waals surface area contributed by atoms with Crippen LogP contribution in [0.2, 0.25) is 13.0 Å². The highest BCUT2D eigenvalue weighted by Gasteiger charge is 2.09. The average molecular weight is 934 g/mol. The van der Waals surface area contributed by atoms with Crippen molar-refractivity contribution >= 4 is 81.4 Å². The molecular formula is C47H44BCl3O7S3. The minimum absolute atomic E-state index is 0.464. The highest BCUT2D eigenvalue weighted by atomic mass is 35.5. The molecule has 0 saturated carbocycles. The van der Waals surface area contributed by atoms with E-state index in [1.54, 1.807) is 94.6 Å². The van der Waals surface area contributed by atoms with E-state index in [-0.39, 0.29) is 0 Å². The van der Waals surface area contributed by atoms with Gasteiger partial charge in [-0.3, -0.25) is 0 Å². The monoisotopic (exact) mass is 932 g/mol. The van der Waals surface area contributed by atoms with E-state index in [2.05, 4.69) is 35.7 Å². The van der Waals surface area contributed by atoms with Crippen molar-refractivity contribution in [3.63, 3.8) is 0 Å². The minimum Gasteiger partial charge on any atom is -0.497 e. The number of ether oxygens (including phenoxy) is 5. The number of hydrogen-bond donors (Lipinski definition) is 2. The lowest BCUT2D eigenvalue weighted by atomic mass is 9.80. The molecule has 8 aromatic rings. The second-order valence-electron chi connectivity index (χ2n) is 12.2. The van der Waals surface area contributed by atoms with Gasteiger partial charge in [-0.25, -0.2) is 0 Å². The fraction of sp³-hybridized carbons (Fsp3) is 0.106. The van der Waals surface area contributed by atoms with Crippen LogP contribution in [0.15, 0.2) is 162 Å². The molecule has 0 spiro atoms. The van der Waals surface area contributed by atoms with Crippen molar-refractivity contribution in [2.45, 2.75) is 0 Å². The third-order valence-electron chi connectivity index (χ3n) is 8.32. The van der Waals surface area contributed by atoms with E-state index in [4.69, 9.17) is 68.5 Å². The number of thiophene rings is 3. The molecule has 2 N–H and O–H groups in total. The van der Waals surface area contributed by atoms with Crippen molar-refractivity contribution in [1.29, 1.82) is 0 Å². The Morgan fingerprint density at radius 3 is 1.11 bits per heavy atom. The Hall–Kier alpha value is -4.95. The normalized spacial score (nSPS) is 9.80. The SMILES string of the molecule is COc1ccc(-c2csc(-c3ccc(OC)cc3)c2)cc1.COc1ccc(-c2csc(Cl)c2)cc1.COc1ccc(B(O)O)cc1.COc1ccccc1.Clc1ccc(Cl)s1. The van der Waals surface area contributed by atoms with Crippen LogP contribution in [-0.2, 0) is 0 Å². The Labute approximate surface area is 385 Å². The third kappa shape index (κ3) is 16.8. The van der Waals surface area contributed by atoms with E-state index in [0.29, 0.717) is 11.2 Å². The Morgan fingerprint density at radius 1 is 0.393 bits per heavy atom. The van der Waals surface area contributed by atoms with Crippen LogP contribution in [0.1, 0.15) is 0 Å². The van der Waals surface area contributed by atoms with E-state index in [9.17, 15) is 0 Å². The van der Waals surface area contributed by atoms with Crippen LogP contribution in [0.5, 0.6) is 28.7 Å². The lowest BCUT2D eigenvalue weighted by molar-refractivity contribution is 0.414. The molecule has 5 aromatic carbocycles. The maximum atomic E-state index is 8.70. The number of halogens is 3. The highest BCUT2D eigenvalue weighted by molar-refractivity contribution is 7.19. The quantitative estimate of drug-likeness (QED) is 0.139. The van der Waals surface area contributed by atoms with Crippen LogP contribution in [0.4, 0.5) is 0 Å². The molecule has 316 valence electrons. The Balaban J connectivity index is 0.000000179. The van der Waals surface area contributed by atoms with Gasteiger partial charge in [0.25, 0.3) is 0 Å². The first kappa shape index (κ1) is 48.7. The van der Waals surface area contributed by atoms with E-state index in [0.717, 1.165) is 47.1 Å². The molecule has 0 bridgehead atoms. The zero-order chi connectivity index (χ0) is 44.0. The molecule has 14 heteroatoms. The van der Waals surface area contributed by atoms with E-state index < -0.39 is 7.12 Å². The standard InChI is InChI=1S/C18H16O2S.C11H9ClOS.C7H9BO3.C7H8O.C4H2Cl2S/c1-19-16-7-3-13(4-8-16)15-11-18(21-12-15)14-5-9-17(20-2)10-6-14;1-13-10-4-2-8(3-5-10)9-6-11(12)14-7-9;1-11-7-4-2-6(3-5-7)8(9)10;1-8-7-5-3-2-4-6-7;5-3-1-2-4(6)7-3/h3-12H,1-2H3;2-7H,1H3;2-5,9-10H,1H3;2-6H,1H3;1-2H. The van der Waals surface area contributed by atoms with Gasteiger partial charge in [-0.1, -0.05) is 89.4 Å². The fourth-order valence-electron chi connectivity index (χ4n) is 5.05. The third-order valence-corrected chi connectivity index (χ3v) is 11.8. The average Bonchev–Trinajstić information content (AvgIpc) is 4.09. The van der Waals surface area contributed by atoms with Crippen LogP contribution < -0.4 is 29.1 Å². The molecule has 0 aliphatic rings. The van der Waals surface area contributed by atoms with Crippen LogP contribution in [0.3, 0.4) is 0 Å². The molecule has 0 unspecified atom stereocenters. The van der Waals surface area contributed by atoms with Gasteiger partial charge in [-0.2, -0.15) is 0 Å². The Bertz CT molecular complexity index is 2330. The van der Waals surface area contributed by atoms with Gasteiger partial charge in [0.2, 0.25) is 0 Å². The van der Waals surface area contributed by atoms with Crippen molar-refractivity contribution in [2.24, 2.45) is 0 Å². The number of hydrogen-bond acceptors (Lipinski definition) is 10. The summed E-state index contributed by atoms with van der Waals surface area (Å²) >= 11 is 21.5. The van der Waals surface area contributed by atoms with Gasteiger partial charge in [-0.05, 0) is 136 Å². The van der Waals surface area contributed by atoms with E-state index in [1.165, 1.54) is 32.9 Å². The molecule has 8 rings (SSSR count). The minimum atomic E-state index is -1.40. The molecule has 0 fully saturated rings. The zero-order valence-electron chi connectivity index (χ0n) is 34.0. The van der Waals surface area contributed by atoms with Crippen molar-refractivity contribution in [1.82, 2.24) is 0 Å². The summed E-state index contributed by atoms with van der Waals surface area (Å²) in [6.45, 7) is 0. The van der Waals surface area contributed by atoms with Crippen molar-refractivity contribution in [3.8, 4) is 61.4 Å². The highest BCUT2D eigenvalue weighted by Crippen LogP contribution is 2.34. The largest absolute Gasteiger partial charge is 0.497 e. The number of para-hydroxylation sites is 1. The summed E-state index contributed by atoms with van der Waals surface area (Å²) in [6, 6.07) is 48.2. The Kier molecular flexibility index (Phi) is 21.1. The predicted molar refractivity (Wildman–Crippen MR) is 260 cm³/mol. The van der Waals surface area contributed by atoms with Gasteiger partial charge in [0.05, 0.1) is 48.6 Å². The van der Waals surface area contributed by atoms with Crippen LogP contribution in [-0.4, -0.2) is 52.7 Å². The topological polar surface area (TPSA) is 86.6 Å². The molecular weight excluding hydrogens is 890 g/mol. The second-order valence-corrected chi connectivity index (χ2v) is 17.0. The first-order valence-corrected chi connectivity index (χ1v) is 22.0. The first-order valence-electron chi connectivity index (χ1n) is 18.3. The maximum Gasteiger partial charge on any atom is 0.488 e. The molecule has 0 atom stereocenters. The van der Waals surface area contributed by atoms with E-state index >= 15 is 0 Å². The van der Waals surface area contributed by atoms with Gasteiger partial charge >= 0.3 is 7.12 Å². The van der Waals surface area contributed by atoms with Crippen LogP contribution in [0.25, 0.3) is 32.7 Å².